The molecular formula is C26H40N2O5. The standard InChI is InChI=1S/C26H40N2O5/c1-5-9-21-19(10-8-15-27(21)4)23(29)28-16-13-26(32,14-17-28)20-11-6-7-12-22(20)33-18-25(2,3)24(30)31/h6-7,11-12,19,21,32H,5,8-10,13-18H2,1-4H3,(H,30,31). The zero-order valence-electron chi connectivity index (χ0n) is 20.5. The van der Waals surface area contributed by atoms with Gasteiger partial charge in [0.25, 0.3) is 0 Å². The normalized spacial score (nSPS) is 23.8. The Kier molecular flexibility index (Phi) is 8.06. The van der Waals surface area contributed by atoms with Crippen LogP contribution in [-0.4, -0.2) is 71.2 Å². The van der Waals surface area contributed by atoms with E-state index in [-0.39, 0.29) is 18.4 Å². The summed E-state index contributed by atoms with van der Waals surface area (Å²) in [7, 11) is 2.12. The molecule has 184 valence electrons. The van der Waals surface area contributed by atoms with Gasteiger partial charge in [0.2, 0.25) is 5.91 Å². The summed E-state index contributed by atoms with van der Waals surface area (Å²) in [6.07, 6.45) is 4.94. The maximum Gasteiger partial charge on any atom is 0.312 e. The fourth-order valence-electron chi connectivity index (χ4n) is 5.13. The topological polar surface area (TPSA) is 90.3 Å². The van der Waals surface area contributed by atoms with Gasteiger partial charge >= 0.3 is 5.97 Å². The number of nitrogens with zero attached hydrogens (tertiary/aromatic N) is 2. The number of benzene rings is 1. The second kappa shape index (κ2) is 10.4. The van der Waals surface area contributed by atoms with Crippen LogP contribution in [-0.2, 0) is 15.2 Å². The van der Waals surface area contributed by atoms with E-state index in [4.69, 9.17) is 4.74 Å². The van der Waals surface area contributed by atoms with Crippen molar-refractivity contribution in [1.82, 2.24) is 9.80 Å². The molecule has 2 aliphatic rings. The quantitative estimate of drug-likeness (QED) is 0.617. The summed E-state index contributed by atoms with van der Waals surface area (Å²) in [5.41, 5.74) is -1.47. The first-order valence-electron chi connectivity index (χ1n) is 12.3. The van der Waals surface area contributed by atoms with Crippen LogP contribution in [0.5, 0.6) is 5.75 Å². The summed E-state index contributed by atoms with van der Waals surface area (Å²) >= 11 is 0. The molecule has 2 saturated heterocycles. The highest BCUT2D eigenvalue weighted by Gasteiger charge is 2.41. The van der Waals surface area contributed by atoms with Gasteiger partial charge in [0, 0.05) is 24.7 Å². The molecule has 0 radical (unpaired) electrons. The number of aliphatic carboxylic acids is 1. The number of rotatable bonds is 8. The van der Waals surface area contributed by atoms with Gasteiger partial charge in [0.15, 0.2) is 0 Å². The lowest BCUT2D eigenvalue weighted by Crippen LogP contribution is -2.53. The number of amides is 1. The number of carbonyl (C=O) groups is 2. The maximum absolute atomic E-state index is 13.4. The maximum atomic E-state index is 13.4. The minimum absolute atomic E-state index is 0.00799. The van der Waals surface area contributed by atoms with Crippen LogP contribution < -0.4 is 4.74 Å². The van der Waals surface area contributed by atoms with Gasteiger partial charge in [0.05, 0.1) is 16.9 Å². The lowest BCUT2D eigenvalue weighted by Gasteiger charge is -2.44. The second-order valence-corrected chi connectivity index (χ2v) is 10.4. The van der Waals surface area contributed by atoms with E-state index in [0.717, 1.165) is 32.2 Å². The summed E-state index contributed by atoms with van der Waals surface area (Å²) in [6.45, 7) is 7.46. The van der Waals surface area contributed by atoms with Crippen molar-refractivity contribution < 1.29 is 24.5 Å². The molecule has 1 aromatic rings. The van der Waals surface area contributed by atoms with E-state index < -0.39 is 17.0 Å². The molecular weight excluding hydrogens is 420 g/mol. The van der Waals surface area contributed by atoms with E-state index in [9.17, 15) is 19.8 Å². The molecule has 2 unspecified atom stereocenters. The highest BCUT2D eigenvalue weighted by atomic mass is 16.5. The molecule has 7 heteroatoms. The van der Waals surface area contributed by atoms with Crippen molar-refractivity contribution in [3.8, 4) is 5.75 Å². The molecule has 1 aromatic carbocycles. The molecule has 0 spiro atoms. The molecule has 0 aromatic heterocycles. The second-order valence-electron chi connectivity index (χ2n) is 10.4. The van der Waals surface area contributed by atoms with Gasteiger partial charge in [-0.05, 0) is 65.6 Å². The van der Waals surface area contributed by atoms with Gasteiger partial charge < -0.3 is 24.7 Å². The van der Waals surface area contributed by atoms with E-state index in [1.54, 1.807) is 19.9 Å². The molecule has 0 aliphatic carbocycles. The molecule has 2 N–H and O–H groups in total. The van der Waals surface area contributed by atoms with Gasteiger partial charge in [0.1, 0.15) is 12.4 Å². The van der Waals surface area contributed by atoms with Gasteiger partial charge in [-0.1, -0.05) is 31.5 Å². The van der Waals surface area contributed by atoms with Crippen molar-refractivity contribution >= 4 is 11.9 Å². The van der Waals surface area contributed by atoms with E-state index >= 15 is 0 Å². The molecule has 2 heterocycles. The average Bonchev–Trinajstić information content (AvgIpc) is 2.79. The van der Waals surface area contributed by atoms with E-state index in [0.29, 0.717) is 43.3 Å². The zero-order valence-corrected chi connectivity index (χ0v) is 20.5. The van der Waals surface area contributed by atoms with Crippen molar-refractivity contribution in [3.05, 3.63) is 29.8 Å². The number of carboxylic acids is 1. The Labute approximate surface area is 197 Å². The summed E-state index contributed by atoms with van der Waals surface area (Å²) < 4.78 is 5.88. The van der Waals surface area contributed by atoms with Crippen LogP contribution in [0.25, 0.3) is 0 Å². The first kappa shape index (κ1) is 25.5. The minimum Gasteiger partial charge on any atom is -0.492 e. The molecule has 0 saturated carbocycles. The molecule has 1 amide bonds. The van der Waals surface area contributed by atoms with Gasteiger partial charge in [-0.15, -0.1) is 0 Å². The zero-order chi connectivity index (χ0) is 24.2. The Morgan fingerprint density at radius 3 is 2.48 bits per heavy atom. The summed E-state index contributed by atoms with van der Waals surface area (Å²) in [5, 5.41) is 20.9. The van der Waals surface area contributed by atoms with Crippen LogP contribution >= 0.6 is 0 Å². The molecule has 2 atom stereocenters. The Hall–Kier alpha value is -2.12. The fourth-order valence-corrected chi connectivity index (χ4v) is 5.13. The van der Waals surface area contributed by atoms with Gasteiger partial charge in [-0.25, -0.2) is 0 Å². The number of aliphatic hydroxyl groups is 1. The number of hydrogen-bond acceptors (Lipinski definition) is 5. The van der Waals surface area contributed by atoms with E-state index in [2.05, 4.69) is 18.9 Å². The molecule has 2 aliphatic heterocycles. The van der Waals surface area contributed by atoms with Crippen molar-refractivity contribution in [1.29, 1.82) is 0 Å². The predicted octanol–water partition coefficient (Wildman–Crippen LogP) is 3.50. The smallest absolute Gasteiger partial charge is 0.312 e. The van der Waals surface area contributed by atoms with Crippen molar-refractivity contribution in [2.24, 2.45) is 11.3 Å². The Morgan fingerprint density at radius 1 is 1.18 bits per heavy atom. The Balaban J connectivity index is 1.68. The number of likely N-dealkylation sites (tertiary alicyclic amines) is 2. The third-order valence-corrected chi connectivity index (χ3v) is 7.42. The van der Waals surface area contributed by atoms with Crippen LogP contribution in [0.2, 0.25) is 0 Å². The third kappa shape index (κ3) is 5.69. The summed E-state index contributed by atoms with van der Waals surface area (Å²) in [5.74, 6) is -0.176. The molecule has 2 fully saturated rings. The average molecular weight is 461 g/mol. The molecule has 7 nitrogen and oxygen atoms in total. The summed E-state index contributed by atoms with van der Waals surface area (Å²) in [6, 6.07) is 7.59. The first-order chi connectivity index (χ1) is 15.6. The third-order valence-electron chi connectivity index (χ3n) is 7.42. The van der Waals surface area contributed by atoms with Gasteiger partial charge in [-0.3, -0.25) is 9.59 Å². The highest BCUT2D eigenvalue weighted by Crippen LogP contribution is 2.39. The van der Waals surface area contributed by atoms with Crippen LogP contribution in [0.15, 0.2) is 24.3 Å². The predicted molar refractivity (Wildman–Crippen MR) is 127 cm³/mol. The number of piperidine rings is 2. The highest BCUT2D eigenvalue weighted by molar-refractivity contribution is 5.80. The lowest BCUT2D eigenvalue weighted by molar-refractivity contribution is -0.148. The van der Waals surface area contributed by atoms with Gasteiger partial charge in [-0.2, -0.15) is 0 Å². The molecule has 0 bridgehead atoms. The van der Waals surface area contributed by atoms with Crippen LogP contribution in [0.1, 0.15) is 64.9 Å². The van der Waals surface area contributed by atoms with Crippen molar-refractivity contribution in [3.63, 3.8) is 0 Å². The molecule has 3 rings (SSSR count). The lowest BCUT2D eigenvalue weighted by atomic mass is 9.82. The van der Waals surface area contributed by atoms with Crippen LogP contribution in [0, 0.1) is 11.3 Å². The SMILES string of the molecule is CCCC1C(C(=O)N2CCC(O)(c3ccccc3OCC(C)(C)C(=O)O)CC2)CCCN1C. The molecule has 33 heavy (non-hydrogen) atoms. The minimum atomic E-state index is -1.10. The van der Waals surface area contributed by atoms with Crippen molar-refractivity contribution in [2.75, 3.05) is 33.3 Å². The van der Waals surface area contributed by atoms with E-state index in [1.165, 1.54) is 0 Å². The number of para-hydroxylation sites is 1. The largest absolute Gasteiger partial charge is 0.492 e. The summed E-state index contributed by atoms with van der Waals surface area (Å²) in [4.78, 5) is 29.1. The number of carboxylic acid groups (broad SMARTS) is 1. The van der Waals surface area contributed by atoms with Crippen LogP contribution in [0.3, 0.4) is 0 Å². The Bertz CT molecular complexity index is 832. The number of hydrogen-bond donors (Lipinski definition) is 2. The first-order valence-corrected chi connectivity index (χ1v) is 12.3. The monoisotopic (exact) mass is 460 g/mol. The fraction of sp³-hybridized carbons (Fsp3) is 0.692. The van der Waals surface area contributed by atoms with E-state index in [1.807, 2.05) is 23.1 Å². The number of carbonyl (C=O) groups excluding carboxylic acids is 1. The van der Waals surface area contributed by atoms with Crippen molar-refractivity contribution in [2.45, 2.75) is 70.9 Å². The Morgan fingerprint density at radius 2 is 1.85 bits per heavy atom. The number of ether oxygens (including phenoxy) is 1. The van der Waals surface area contributed by atoms with Crippen LogP contribution in [0.4, 0.5) is 0 Å².